The van der Waals surface area contributed by atoms with Gasteiger partial charge in [-0.3, -0.25) is 9.30 Å². The summed E-state index contributed by atoms with van der Waals surface area (Å²) < 4.78 is 8.07. The Morgan fingerprint density at radius 1 is 1.03 bits per heavy atom. The van der Waals surface area contributed by atoms with E-state index in [4.69, 9.17) is 10.5 Å². The van der Waals surface area contributed by atoms with E-state index in [1.807, 2.05) is 84.2 Å². The number of hydrogen-bond acceptors (Lipinski definition) is 5. The van der Waals surface area contributed by atoms with Crippen LogP contribution in [-0.2, 0) is 0 Å². The van der Waals surface area contributed by atoms with E-state index in [1.54, 1.807) is 0 Å². The quantitative estimate of drug-likeness (QED) is 0.565. The molecule has 0 bridgehead atoms. The fourth-order valence-corrected chi connectivity index (χ4v) is 3.18. The van der Waals surface area contributed by atoms with E-state index in [0.29, 0.717) is 5.95 Å². The van der Waals surface area contributed by atoms with Gasteiger partial charge in [0, 0.05) is 18.4 Å². The largest absolute Gasteiger partial charge is 0.489 e. The monoisotopic (exact) mass is 391 g/mol. The number of rotatable bonds is 9. The summed E-state index contributed by atoms with van der Waals surface area (Å²) in [5.41, 5.74) is 8.24. The van der Waals surface area contributed by atoms with Crippen molar-refractivity contribution in [3.05, 3.63) is 78.8 Å². The molecule has 2 N–H and O–H groups in total. The van der Waals surface area contributed by atoms with Crippen LogP contribution in [0.2, 0.25) is 0 Å². The highest BCUT2D eigenvalue weighted by molar-refractivity contribution is 5.51. The lowest BCUT2D eigenvalue weighted by molar-refractivity contribution is 0.203. The van der Waals surface area contributed by atoms with Crippen molar-refractivity contribution < 1.29 is 4.74 Å². The molecule has 0 saturated carbocycles. The zero-order valence-corrected chi connectivity index (χ0v) is 17.3. The standard InChI is InChI=1S/C23H29N5O/c1-4-15-27(16-5-2)23-26-25-22-14-12-20(17-28(22)23)29-18(3)11-13-21(24)19-9-7-6-8-10-19/h4-10,12,14-18,21H,11,13,24H2,1-3H3/b15-4+,16-5+/t18-,21-/m0/s1. The molecular weight excluding hydrogens is 362 g/mol. The van der Waals surface area contributed by atoms with Crippen molar-refractivity contribution in [2.24, 2.45) is 5.73 Å². The smallest absolute Gasteiger partial charge is 0.239 e. The van der Waals surface area contributed by atoms with Gasteiger partial charge in [0.1, 0.15) is 5.75 Å². The number of anilines is 1. The van der Waals surface area contributed by atoms with Crippen molar-refractivity contribution >= 4 is 11.6 Å². The summed E-state index contributed by atoms with van der Waals surface area (Å²) in [6.45, 7) is 6.01. The van der Waals surface area contributed by atoms with Gasteiger partial charge < -0.3 is 10.5 Å². The summed E-state index contributed by atoms with van der Waals surface area (Å²) in [6.07, 6.45) is 11.5. The maximum Gasteiger partial charge on any atom is 0.239 e. The molecule has 0 unspecified atom stereocenters. The zero-order chi connectivity index (χ0) is 20.6. The van der Waals surface area contributed by atoms with Gasteiger partial charge in [0.05, 0.1) is 12.3 Å². The number of aromatic nitrogens is 3. The van der Waals surface area contributed by atoms with Gasteiger partial charge in [-0.25, -0.2) is 0 Å². The third-order valence-electron chi connectivity index (χ3n) is 4.66. The van der Waals surface area contributed by atoms with Gasteiger partial charge in [-0.05, 0) is 51.3 Å². The number of ether oxygens (including phenoxy) is 1. The molecule has 0 spiro atoms. The van der Waals surface area contributed by atoms with E-state index in [0.717, 1.165) is 29.8 Å². The summed E-state index contributed by atoms with van der Waals surface area (Å²) in [5.74, 6) is 1.49. The second kappa shape index (κ2) is 9.89. The highest BCUT2D eigenvalue weighted by Gasteiger charge is 2.13. The summed E-state index contributed by atoms with van der Waals surface area (Å²) in [5, 5.41) is 8.56. The highest BCUT2D eigenvalue weighted by Crippen LogP contribution is 2.22. The van der Waals surface area contributed by atoms with Gasteiger partial charge >= 0.3 is 0 Å². The van der Waals surface area contributed by atoms with Crippen molar-refractivity contribution in [3.63, 3.8) is 0 Å². The molecule has 152 valence electrons. The molecule has 0 saturated heterocycles. The van der Waals surface area contributed by atoms with E-state index in [2.05, 4.69) is 29.3 Å². The van der Waals surface area contributed by atoms with Gasteiger partial charge in [0.25, 0.3) is 0 Å². The van der Waals surface area contributed by atoms with Crippen molar-refractivity contribution in [1.29, 1.82) is 0 Å². The molecule has 6 nitrogen and oxygen atoms in total. The number of nitrogens with two attached hydrogens (primary N) is 1. The second-order valence-electron chi connectivity index (χ2n) is 6.99. The SMILES string of the molecule is C/C=C/N(/C=C/C)c1nnc2ccc(O[C@@H](C)CC[C@H](N)c3ccccc3)cn12. The number of nitrogens with zero attached hydrogens (tertiary/aromatic N) is 4. The summed E-state index contributed by atoms with van der Waals surface area (Å²) in [4.78, 5) is 1.92. The van der Waals surface area contributed by atoms with Crippen LogP contribution in [0.5, 0.6) is 5.75 Å². The number of fused-ring (bicyclic) bond motifs is 1. The topological polar surface area (TPSA) is 68.7 Å². The van der Waals surface area contributed by atoms with Gasteiger partial charge in [-0.2, -0.15) is 0 Å². The Hall–Kier alpha value is -3.12. The lowest BCUT2D eigenvalue weighted by Crippen LogP contribution is -2.17. The fourth-order valence-electron chi connectivity index (χ4n) is 3.18. The Bertz CT molecular complexity index is 952. The van der Waals surface area contributed by atoms with Crippen molar-refractivity contribution in [3.8, 4) is 5.75 Å². The van der Waals surface area contributed by atoms with E-state index in [1.165, 1.54) is 0 Å². The molecule has 6 heteroatoms. The molecule has 0 radical (unpaired) electrons. The molecule has 2 heterocycles. The molecule has 0 fully saturated rings. The van der Waals surface area contributed by atoms with Gasteiger partial charge in [0.15, 0.2) is 5.65 Å². The Morgan fingerprint density at radius 2 is 1.76 bits per heavy atom. The lowest BCUT2D eigenvalue weighted by Gasteiger charge is -2.18. The van der Waals surface area contributed by atoms with E-state index >= 15 is 0 Å². The number of allylic oxidation sites excluding steroid dienone is 2. The van der Waals surface area contributed by atoms with Crippen LogP contribution in [0.4, 0.5) is 5.95 Å². The first kappa shape index (κ1) is 20.6. The normalized spacial score (nSPS) is 13.9. The molecule has 0 amide bonds. The molecule has 0 aliphatic heterocycles. The van der Waals surface area contributed by atoms with Crippen LogP contribution in [0, 0.1) is 0 Å². The maximum atomic E-state index is 6.31. The first-order valence-corrected chi connectivity index (χ1v) is 9.98. The third kappa shape index (κ3) is 5.23. The van der Waals surface area contributed by atoms with Gasteiger partial charge in [-0.1, -0.05) is 42.5 Å². The Balaban J connectivity index is 1.69. The molecule has 2 atom stereocenters. The van der Waals surface area contributed by atoms with Crippen LogP contribution in [0.1, 0.15) is 45.2 Å². The molecule has 0 aliphatic carbocycles. The highest BCUT2D eigenvalue weighted by atomic mass is 16.5. The summed E-state index contributed by atoms with van der Waals surface area (Å²) in [6, 6.07) is 14.0. The average molecular weight is 392 g/mol. The number of pyridine rings is 1. The Kier molecular flexibility index (Phi) is 7.03. The first-order chi connectivity index (χ1) is 14.1. The van der Waals surface area contributed by atoms with E-state index in [-0.39, 0.29) is 12.1 Å². The maximum absolute atomic E-state index is 6.31. The molecule has 1 aromatic carbocycles. The second-order valence-corrected chi connectivity index (χ2v) is 6.99. The molecule has 3 aromatic rings. The van der Waals surface area contributed by atoms with Gasteiger partial charge in [0.2, 0.25) is 5.95 Å². The number of hydrogen-bond donors (Lipinski definition) is 1. The van der Waals surface area contributed by atoms with Crippen molar-refractivity contribution in [2.45, 2.75) is 45.8 Å². The van der Waals surface area contributed by atoms with Crippen molar-refractivity contribution in [2.75, 3.05) is 4.90 Å². The molecule has 0 aliphatic rings. The van der Waals surface area contributed by atoms with Crippen LogP contribution < -0.4 is 15.4 Å². The van der Waals surface area contributed by atoms with Crippen LogP contribution >= 0.6 is 0 Å². The molecule has 3 rings (SSSR count). The van der Waals surface area contributed by atoms with Crippen LogP contribution in [0.25, 0.3) is 5.65 Å². The molecular formula is C23H29N5O. The van der Waals surface area contributed by atoms with Gasteiger partial charge in [-0.15, -0.1) is 10.2 Å². The predicted molar refractivity (Wildman–Crippen MR) is 118 cm³/mol. The minimum absolute atomic E-state index is 0.0180. The Morgan fingerprint density at radius 3 is 2.45 bits per heavy atom. The number of benzene rings is 1. The van der Waals surface area contributed by atoms with Crippen molar-refractivity contribution in [1.82, 2.24) is 14.6 Å². The van der Waals surface area contributed by atoms with E-state index < -0.39 is 0 Å². The lowest BCUT2D eigenvalue weighted by atomic mass is 10.0. The first-order valence-electron chi connectivity index (χ1n) is 9.98. The van der Waals surface area contributed by atoms with Crippen LogP contribution in [0.15, 0.2) is 73.2 Å². The minimum Gasteiger partial charge on any atom is -0.489 e. The van der Waals surface area contributed by atoms with Crippen LogP contribution in [0.3, 0.4) is 0 Å². The zero-order valence-electron chi connectivity index (χ0n) is 17.3. The minimum atomic E-state index is 0.0180. The van der Waals surface area contributed by atoms with E-state index in [9.17, 15) is 0 Å². The predicted octanol–water partition coefficient (Wildman–Crippen LogP) is 4.85. The Labute approximate surface area is 172 Å². The fraction of sp³-hybridized carbons (Fsp3) is 0.304. The average Bonchev–Trinajstić information content (AvgIpc) is 3.15. The molecule has 2 aromatic heterocycles. The third-order valence-corrected chi connectivity index (χ3v) is 4.66. The summed E-state index contributed by atoms with van der Waals surface area (Å²) >= 11 is 0. The molecule has 29 heavy (non-hydrogen) atoms. The van der Waals surface area contributed by atoms with Crippen LogP contribution in [-0.4, -0.2) is 20.7 Å². The summed E-state index contributed by atoms with van der Waals surface area (Å²) in [7, 11) is 0.